The van der Waals surface area contributed by atoms with Gasteiger partial charge in [0.15, 0.2) is 0 Å². The molecule has 2 aromatic carbocycles. The van der Waals surface area contributed by atoms with Crippen LogP contribution < -0.4 is 4.80 Å². The topological polar surface area (TPSA) is 64.6 Å². The maximum absolute atomic E-state index is 13.2. The molecule has 0 unspecified atom stereocenters. The van der Waals surface area contributed by atoms with Crippen LogP contribution in [-0.2, 0) is 16.4 Å². The molecule has 0 saturated heterocycles. The minimum absolute atomic E-state index is 0.226. The van der Waals surface area contributed by atoms with E-state index in [1.807, 2.05) is 42.6 Å². The van der Waals surface area contributed by atoms with Crippen LogP contribution in [0.5, 0.6) is 0 Å². The number of hydrogen-bond donors (Lipinski definition) is 0. The Kier molecular flexibility index (Phi) is 6.01. The minimum Gasteiger partial charge on any atom is -0.461 e. The van der Waals surface area contributed by atoms with Crippen molar-refractivity contribution in [3.8, 4) is 11.3 Å². The van der Waals surface area contributed by atoms with E-state index in [-0.39, 0.29) is 10.9 Å². The summed E-state index contributed by atoms with van der Waals surface area (Å²) >= 11 is 1.39. The molecule has 0 N–H and O–H groups in total. The number of thiazole rings is 1. The smallest absolute Gasteiger partial charge is 0.285 e. The van der Waals surface area contributed by atoms with Crippen molar-refractivity contribution in [1.82, 2.24) is 4.57 Å². The summed E-state index contributed by atoms with van der Waals surface area (Å²) in [5.74, 6) is 0.836. The standard InChI is InChI=1S/C26H28N2O3S2/c1-3-19-13-15-21(16-14-19)33(29,30)27-26-28(20-9-5-4-6-10-20)23(17-32-26)25-18(2)31-24-12-8-7-11-22(24)25/h7-8,11-17,20H,3-6,9-10H2,1-2H3. The molecule has 2 heterocycles. The number of hydrogen-bond acceptors (Lipinski definition) is 4. The molecule has 1 aliphatic carbocycles. The fraction of sp³-hybridized carbons (Fsp3) is 0.346. The van der Waals surface area contributed by atoms with Gasteiger partial charge in [-0.25, -0.2) is 0 Å². The van der Waals surface area contributed by atoms with Crippen LogP contribution in [0.1, 0.15) is 56.4 Å². The van der Waals surface area contributed by atoms with E-state index >= 15 is 0 Å². The minimum atomic E-state index is -3.82. The fourth-order valence-corrected chi connectivity index (χ4v) is 6.96. The Morgan fingerprint density at radius 1 is 1.06 bits per heavy atom. The summed E-state index contributed by atoms with van der Waals surface area (Å²) in [5, 5.41) is 3.08. The molecule has 33 heavy (non-hydrogen) atoms. The third-order valence-electron chi connectivity index (χ3n) is 6.54. The summed E-state index contributed by atoms with van der Waals surface area (Å²) < 4.78 is 39.0. The molecule has 2 aromatic heterocycles. The molecule has 172 valence electrons. The average molecular weight is 481 g/mol. The van der Waals surface area contributed by atoms with Crippen molar-refractivity contribution >= 4 is 32.3 Å². The molecule has 0 radical (unpaired) electrons. The maximum atomic E-state index is 13.2. The highest BCUT2D eigenvalue weighted by Crippen LogP contribution is 2.38. The summed E-state index contributed by atoms with van der Waals surface area (Å²) in [6.45, 7) is 4.02. The van der Waals surface area contributed by atoms with Gasteiger partial charge in [0.25, 0.3) is 10.0 Å². The second-order valence-electron chi connectivity index (χ2n) is 8.66. The van der Waals surface area contributed by atoms with Crippen molar-refractivity contribution in [1.29, 1.82) is 0 Å². The number of rotatable bonds is 5. The van der Waals surface area contributed by atoms with Crippen LogP contribution in [0.4, 0.5) is 0 Å². The molecule has 0 amide bonds. The van der Waals surface area contributed by atoms with Gasteiger partial charge in [-0.15, -0.1) is 15.7 Å². The lowest BCUT2D eigenvalue weighted by Gasteiger charge is -2.25. The summed E-state index contributed by atoms with van der Waals surface area (Å²) in [7, 11) is -3.82. The highest BCUT2D eigenvalue weighted by molar-refractivity contribution is 7.90. The first-order valence-electron chi connectivity index (χ1n) is 11.6. The number of nitrogens with zero attached hydrogens (tertiary/aromatic N) is 2. The van der Waals surface area contributed by atoms with Gasteiger partial charge < -0.3 is 8.98 Å². The van der Waals surface area contributed by atoms with Crippen molar-refractivity contribution in [2.24, 2.45) is 4.40 Å². The quantitative estimate of drug-likeness (QED) is 0.322. The van der Waals surface area contributed by atoms with Gasteiger partial charge in [0.2, 0.25) is 4.80 Å². The number of sulfonamides is 1. The van der Waals surface area contributed by atoms with Gasteiger partial charge in [0, 0.05) is 22.4 Å². The molecule has 0 spiro atoms. The first kappa shape index (κ1) is 22.2. The zero-order chi connectivity index (χ0) is 23.0. The molecule has 0 aliphatic heterocycles. The van der Waals surface area contributed by atoms with Crippen LogP contribution in [0.25, 0.3) is 22.2 Å². The first-order valence-corrected chi connectivity index (χ1v) is 13.9. The molecule has 1 saturated carbocycles. The lowest BCUT2D eigenvalue weighted by Crippen LogP contribution is -2.25. The SMILES string of the molecule is CCc1ccc(S(=O)(=O)N=c2scc(-c3c(C)oc4ccccc34)n2C2CCCCC2)cc1. The Morgan fingerprint density at radius 3 is 2.52 bits per heavy atom. The van der Waals surface area contributed by atoms with E-state index < -0.39 is 10.0 Å². The van der Waals surface area contributed by atoms with E-state index in [4.69, 9.17) is 4.42 Å². The number of aromatic nitrogens is 1. The van der Waals surface area contributed by atoms with Crippen LogP contribution >= 0.6 is 11.3 Å². The van der Waals surface area contributed by atoms with Crippen LogP contribution in [0.2, 0.25) is 0 Å². The van der Waals surface area contributed by atoms with Crippen LogP contribution in [0.15, 0.2) is 67.6 Å². The third-order valence-corrected chi connectivity index (χ3v) is 8.77. The predicted molar refractivity (Wildman–Crippen MR) is 133 cm³/mol. The first-order chi connectivity index (χ1) is 16.0. The molecular weight excluding hydrogens is 452 g/mol. The van der Waals surface area contributed by atoms with Crippen LogP contribution in [0.3, 0.4) is 0 Å². The van der Waals surface area contributed by atoms with Gasteiger partial charge in [-0.1, -0.05) is 56.5 Å². The van der Waals surface area contributed by atoms with E-state index in [2.05, 4.69) is 22.0 Å². The van der Waals surface area contributed by atoms with Gasteiger partial charge in [0.05, 0.1) is 10.6 Å². The molecule has 1 fully saturated rings. The predicted octanol–water partition coefficient (Wildman–Crippen LogP) is 6.63. The molecule has 1 aliphatic rings. The van der Waals surface area contributed by atoms with E-state index in [0.29, 0.717) is 4.80 Å². The second-order valence-corrected chi connectivity index (χ2v) is 11.1. The molecular formula is C26H28N2O3S2. The largest absolute Gasteiger partial charge is 0.461 e. The molecule has 0 atom stereocenters. The average Bonchev–Trinajstić information content (AvgIpc) is 3.38. The Labute approximate surface area is 198 Å². The second kappa shape index (κ2) is 8.95. The molecule has 5 rings (SSSR count). The molecule has 5 nitrogen and oxygen atoms in total. The molecule has 0 bridgehead atoms. The number of benzene rings is 2. The van der Waals surface area contributed by atoms with E-state index in [0.717, 1.165) is 65.7 Å². The van der Waals surface area contributed by atoms with Crippen molar-refractivity contribution in [3.05, 3.63) is 70.0 Å². The van der Waals surface area contributed by atoms with E-state index in [9.17, 15) is 8.42 Å². The van der Waals surface area contributed by atoms with Crippen molar-refractivity contribution < 1.29 is 12.8 Å². The third kappa shape index (κ3) is 4.20. The Balaban J connectivity index is 1.70. The molecule has 7 heteroatoms. The van der Waals surface area contributed by atoms with Crippen molar-refractivity contribution in [3.63, 3.8) is 0 Å². The van der Waals surface area contributed by atoms with Crippen LogP contribution in [-0.4, -0.2) is 13.0 Å². The van der Waals surface area contributed by atoms with Crippen molar-refractivity contribution in [2.45, 2.75) is 63.3 Å². The highest BCUT2D eigenvalue weighted by Gasteiger charge is 2.25. The monoisotopic (exact) mass is 480 g/mol. The summed E-state index contributed by atoms with van der Waals surface area (Å²) in [6, 6.07) is 15.3. The lowest BCUT2D eigenvalue weighted by atomic mass is 9.94. The van der Waals surface area contributed by atoms with Crippen LogP contribution in [0, 0.1) is 6.92 Å². The zero-order valence-corrected chi connectivity index (χ0v) is 20.6. The number of aryl methyl sites for hydroxylation is 2. The Hall–Kier alpha value is -2.64. The summed E-state index contributed by atoms with van der Waals surface area (Å²) in [5.41, 5.74) is 3.96. The molecule has 4 aromatic rings. The Morgan fingerprint density at radius 2 is 1.79 bits per heavy atom. The summed E-state index contributed by atoms with van der Waals surface area (Å²) in [4.78, 5) is 0.760. The van der Waals surface area contributed by atoms with Gasteiger partial charge in [-0.3, -0.25) is 0 Å². The van der Waals surface area contributed by atoms with Gasteiger partial charge >= 0.3 is 0 Å². The fourth-order valence-electron chi connectivity index (χ4n) is 4.80. The Bertz CT molecular complexity index is 1450. The van der Waals surface area contributed by atoms with Gasteiger partial charge in [-0.2, -0.15) is 8.42 Å². The van der Waals surface area contributed by atoms with Gasteiger partial charge in [0.1, 0.15) is 11.3 Å². The number of para-hydroxylation sites is 1. The normalized spacial score (nSPS) is 16.0. The van der Waals surface area contributed by atoms with E-state index in [1.54, 1.807) is 12.1 Å². The maximum Gasteiger partial charge on any atom is 0.285 e. The van der Waals surface area contributed by atoms with E-state index in [1.165, 1.54) is 17.8 Å². The van der Waals surface area contributed by atoms with Gasteiger partial charge in [-0.05, 0) is 49.9 Å². The van der Waals surface area contributed by atoms with Crippen molar-refractivity contribution in [2.75, 3.05) is 0 Å². The zero-order valence-electron chi connectivity index (χ0n) is 19.0. The number of fused-ring (bicyclic) bond motifs is 1. The highest BCUT2D eigenvalue weighted by atomic mass is 32.2. The lowest BCUT2D eigenvalue weighted by molar-refractivity contribution is 0.351. The number of furan rings is 1. The summed E-state index contributed by atoms with van der Waals surface area (Å²) in [6.07, 6.45) is 6.42.